The van der Waals surface area contributed by atoms with Crippen LogP contribution in [0.3, 0.4) is 0 Å². The maximum Gasteiger partial charge on any atom is 0.269 e. The number of halogens is 2. The van der Waals surface area contributed by atoms with E-state index < -0.39 is 27.5 Å². The van der Waals surface area contributed by atoms with Crippen molar-refractivity contribution in [3.05, 3.63) is 35.4 Å². The molecule has 0 aliphatic carbocycles. The van der Waals surface area contributed by atoms with Crippen LogP contribution in [0.5, 0.6) is 0 Å². The van der Waals surface area contributed by atoms with Crippen molar-refractivity contribution in [1.82, 2.24) is 0 Å². The van der Waals surface area contributed by atoms with Crippen LogP contribution in [0.4, 0.5) is 8.78 Å². The topological polar surface area (TPSA) is 54.4 Å². The van der Waals surface area contributed by atoms with E-state index in [0.29, 0.717) is 6.07 Å². The van der Waals surface area contributed by atoms with E-state index in [1.54, 1.807) is 0 Å². The molecule has 0 radical (unpaired) electrons. The maximum atomic E-state index is 12.8. The minimum atomic E-state index is -4.27. The van der Waals surface area contributed by atoms with Crippen LogP contribution >= 0.6 is 0 Å². The summed E-state index contributed by atoms with van der Waals surface area (Å²) in [5, 5.41) is 0. The van der Waals surface area contributed by atoms with Gasteiger partial charge in [0.2, 0.25) is 0 Å². The summed E-state index contributed by atoms with van der Waals surface area (Å²) in [6, 6.07) is 2.45. The lowest BCUT2D eigenvalue weighted by atomic mass is 10.2. The maximum absolute atomic E-state index is 12.8. The highest BCUT2D eigenvalue weighted by atomic mass is 32.2. The summed E-state index contributed by atoms with van der Waals surface area (Å²) >= 11 is 0. The van der Waals surface area contributed by atoms with Crippen LogP contribution in [0.25, 0.3) is 0 Å². The summed E-state index contributed by atoms with van der Waals surface area (Å²) in [5.74, 6) is -2.63. The minimum absolute atomic E-state index is 0.260. The van der Waals surface area contributed by atoms with Gasteiger partial charge in [-0.05, 0) is 6.07 Å². The van der Waals surface area contributed by atoms with E-state index in [1.165, 1.54) is 0 Å². The summed E-state index contributed by atoms with van der Waals surface area (Å²) in [6.45, 7) is 0. The summed E-state index contributed by atoms with van der Waals surface area (Å²) in [4.78, 5) is 0. The van der Waals surface area contributed by atoms with Crippen LogP contribution in [0.15, 0.2) is 18.2 Å². The summed E-state index contributed by atoms with van der Waals surface area (Å²) in [6.07, 6.45) is 0. The fourth-order valence-electron chi connectivity index (χ4n) is 0.835. The van der Waals surface area contributed by atoms with Crippen molar-refractivity contribution < 1.29 is 21.8 Å². The Morgan fingerprint density at radius 3 is 2.38 bits per heavy atom. The Morgan fingerprint density at radius 2 is 1.92 bits per heavy atom. The van der Waals surface area contributed by atoms with E-state index in [4.69, 9.17) is 4.55 Å². The number of rotatable bonds is 2. The first-order valence-corrected chi connectivity index (χ1v) is 4.88. The smallest absolute Gasteiger partial charge is 0.269 e. The van der Waals surface area contributed by atoms with Gasteiger partial charge in [-0.1, -0.05) is 6.07 Å². The van der Waals surface area contributed by atoms with Gasteiger partial charge in [-0.2, -0.15) is 8.42 Å². The van der Waals surface area contributed by atoms with Gasteiger partial charge in [0.15, 0.2) is 0 Å². The standard InChI is InChI=1S/C7H6F2O3S/c8-6-2-1-5(7(9)3-6)4-13(10,11)12/h1-3H,4H2,(H,10,11,12). The first kappa shape index (κ1) is 10.1. The van der Waals surface area contributed by atoms with Gasteiger partial charge in [0.1, 0.15) is 17.4 Å². The van der Waals surface area contributed by atoms with E-state index in [0.717, 1.165) is 12.1 Å². The molecule has 0 aliphatic rings. The van der Waals surface area contributed by atoms with Crippen LogP contribution in [0.2, 0.25) is 0 Å². The number of benzene rings is 1. The Labute approximate surface area is 73.8 Å². The average Bonchev–Trinajstić information content (AvgIpc) is 1.93. The lowest BCUT2D eigenvalue weighted by Gasteiger charge is -1.99. The van der Waals surface area contributed by atoms with Gasteiger partial charge in [-0.15, -0.1) is 0 Å². The van der Waals surface area contributed by atoms with E-state index in [2.05, 4.69) is 0 Å². The van der Waals surface area contributed by atoms with Gasteiger partial charge in [-0.25, -0.2) is 8.78 Å². The summed E-state index contributed by atoms with van der Waals surface area (Å²) in [7, 11) is -4.27. The van der Waals surface area contributed by atoms with Crippen molar-refractivity contribution in [2.75, 3.05) is 0 Å². The van der Waals surface area contributed by atoms with Crippen molar-refractivity contribution in [3.8, 4) is 0 Å². The van der Waals surface area contributed by atoms with Gasteiger partial charge in [0.25, 0.3) is 10.1 Å². The molecule has 1 rings (SSSR count). The molecular weight excluding hydrogens is 202 g/mol. The van der Waals surface area contributed by atoms with Gasteiger partial charge >= 0.3 is 0 Å². The van der Waals surface area contributed by atoms with Gasteiger partial charge in [0, 0.05) is 11.6 Å². The fraction of sp³-hybridized carbons (Fsp3) is 0.143. The normalized spacial score (nSPS) is 11.6. The molecule has 0 atom stereocenters. The first-order chi connectivity index (χ1) is 5.88. The SMILES string of the molecule is O=S(=O)(O)Cc1ccc(F)cc1F. The van der Waals surface area contributed by atoms with Gasteiger partial charge < -0.3 is 0 Å². The van der Waals surface area contributed by atoms with Crippen molar-refractivity contribution in [3.63, 3.8) is 0 Å². The molecule has 1 aromatic rings. The Bertz CT molecular complexity index is 414. The second-order valence-electron chi connectivity index (χ2n) is 2.46. The van der Waals surface area contributed by atoms with Crippen LogP contribution in [0, 0.1) is 11.6 Å². The van der Waals surface area contributed by atoms with Crippen LogP contribution < -0.4 is 0 Å². The molecule has 0 spiro atoms. The molecule has 0 saturated carbocycles. The van der Waals surface area contributed by atoms with E-state index >= 15 is 0 Å². The Morgan fingerprint density at radius 1 is 1.31 bits per heavy atom. The van der Waals surface area contributed by atoms with Gasteiger partial charge in [0.05, 0.1) is 0 Å². The predicted octanol–water partition coefficient (Wildman–Crippen LogP) is 1.35. The van der Waals surface area contributed by atoms with Crippen LogP contribution in [-0.4, -0.2) is 13.0 Å². The third-order valence-electron chi connectivity index (χ3n) is 1.35. The molecule has 0 saturated heterocycles. The minimum Gasteiger partial charge on any atom is -0.285 e. The van der Waals surface area contributed by atoms with Crippen molar-refractivity contribution >= 4 is 10.1 Å². The second kappa shape index (κ2) is 3.39. The highest BCUT2D eigenvalue weighted by Crippen LogP contribution is 2.11. The third-order valence-corrected chi connectivity index (χ3v) is 2.03. The molecule has 0 heterocycles. The molecule has 0 aromatic heterocycles. The Kier molecular flexibility index (Phi) is 2.63. The zero-order chi connectivity index (χ0) is 10.1. The summed E-state index contributed by atoms with van der Waals surface area (Å²) < 4.78 is 54.1. The molecule has 1 aromatic carbocycles. The molecule has 0 bridgehead atoms. The lowest BCUT2D eigenvalue weighted by Crippen LogP contribution is -2.03. The monoisotopic (exact) mass is 208 g/mol. The van der Waals surface area contributed by atoms with Crippen molar-refractivity contribution in [2.45, 2.75) is 5.75 Å². The van der Waals surface area contributed by atoms with Crippen LogP contribution in [0.1, 0.15) is 5.56 Å². The molecule has 0 aliphatic heterocycles. The van der Waals surface area contributed by atoms with Crippen molar-refractivity contribution in [1.29, 1.82) is 0 Å². The molecule has 6 heteroatoms. The van der Waals surface area contributed by atoms with E-state index in [-0.39, 0.29) is 5.56 Å². The molecule has 1 N–H and O–H groups in total. The van der Waals surface area contributed by atoms with E-state index in [1.807, 2.05) is 0 Å². The first-order valence-electron chi connectivity index (χ1n) is 3.27. The van der Waals surface area contributed by atoms with Crippen molar-refractivity contribution in [2.24, 2.45) is 0 Å². The molecular formula is C7H6F2O3S. The quantitative estimate of drug-likeness (QED) is 0.746. The molecule has 3 nitrogen and oxygen atoms in total. The van der Waals surface area contributed by atoms with Crippen LogP contribution in [-0.2, 0) is 15.9 Å². The molecule has 0 fully saturated rings. The second-order valence-corrected chi connectivity index (χ2v) is 3.91. The molecule has 0 unspecified atom stereocenters. The Balaban J connectivity index is 3.04. The zero-order valence-corrected chi connectivity index (χ0v) is 7.18. The summed E-state index contributed by atoms with van der Waals surface area (Å²) in [5.41, 5.74) is -0.260. The highest BCUT2D eigenvalue weighted by Gasteiger charge is 2.11. The third kappa shape index (κ3) is 3.08. The van der Waals surface area contributed by atoms with Gasteiger partial charge in [-0.3, -0.25) is 4.55 Å². The predicted molar refractivity (Wildman–Crippen MR) is 41.6 cm³/mol. The lowest BCUT2D eigenvalue weighted by molar-refractivity contribution is 0.479. The number of hydrogen-bond acceptors (Lipinski definition) is 2. The molecule has 0 amide bonds. The zero-order valence-electron chi connectivity index (χ0n) is 6.37. The fourth-order valence-corrected chi connectivity index (χ4v) is 1.46. The molecule has 72 valence electrons. The number of hydrogen-bond donors (Lipinski definition) is 1. The molecule has 13 heavy (non-hydrogen) atoms. The van der Waals surface area contributed by atoms with E-state index in [9.17, 15) is 17.2 Å². The highest BCUT2D eigenvalue weighted by molar-refractivity contribution is 7.85. The Hall–Kier alpha value is -1.01. The average molecular weight is 208 g/mol. The largest absolute Gasteiger partial charge is 0.285 e.